The van der Waals surface area contributed by atoms with Crippen molar-refractivity contribution in [3.05, 3.63) is 34.8 Å². The first kappa shape index (κ1) is 9.36. The molecule has 0 saturated carbocycles. The average molecular weight is 208 g/mol. The molecule has 0 bridgehead atoms. The van der Waals surface area contributed by atoms with Crippen LogP contribution in [-0.2, 0) is 13.0 Å². The van der Waals surface area contributed by atoms with Gasteiger partial charge < -0.3 is 10.3 Å². The SMILES string of the molecule is NCCc1cn(Cc2nccs2)cn1. The van der Waals surface area contributed by atoms with E-state index in [-0.39, 0.29) is 0 Å². The third kappa shape index (κ3) is 2.18. The predicted octanol–water partition coefficient (Wildman–Crippen LogP) is 0.889. The molecule has 0 aromatic carbocycles. The zero-order chi connectivity index (χ0) is 9.80. The lowest BCUT2D eigenvalue weighted by molar-refractivity contribution is 0.789. The normalized spacial score (nSPS) is 10.6. The number of hydrogen-bond donors (Lipinski definition) is 1. The van der Waals surface area contributed by atoms with E-state index in [1.165, 1.54) is 0 Å². The Labute approximate surface area is 86.4 Å². The van der Waals surface area contributed by atoms with Crippen molar-refractivity contribution in [1.82, 2.24) is 14.5 Å². The van der Waals surface area contributed by atoms with Gasteiger partial charge in [0.25, 0.3) is 0 Å². The van der Waals surface area contributed by atoms with Crippen LogP contribution in [0, 0.1) is 0 Å². The summed E-state index contributed by atoms with van der Waals surface area (Å²) in [6.45, 7) is 1.45. The van der Waals surface area contributed by atoms with E-state index in [2.05, 4.69) is 9.97 Å². The first-order chi connectivity index (χ1) is 6.88. The Bertz CT molecular complexity index is 379. The third-order valence-corrected chi connectivity index (χ3v) is 2.65. The molecule has 14 heavy (non-hydrogen) atoms. The molecule has 0 aliphatic carbocycles. The predicted molar refractivity (Wildman–Crippen MR) is 56.2 cm³/mol. The number of nitrogens with zero attached hydrogens (tertiary/aromatic N) is 3. The Kier molecular flexibility index (Phi) is 2.90. The van der Waals surface area contributed by atoms with E-state index in [9.17, 15) is 0 Å². The molecule has 2 heterocycles. The van der Waals surface area contributed by atoms with Crippen LogP contribution in [0.1, 0.15) is 10.7 Å². The minimum absolute atomic E-state index is 0.647. The zero-order valence-electron chi connectivity index (χ0n) is 7.76. The maximum atomic E-state index is 5.45. The van der Waals surface area contributed by atoms with Gasteiger partial charge in [-0.25, -0.2) is 9.97 Å². The van der Waals surface area contributed by atoms with Crippen molar-refractivity contribution in [1.29, 1.82) is 0 Å². The fraction of sp³-hybridized carbons (Fsp3) is 0.333. The van der Waals surface area contributed by atoms with E-state index in [0.717, 1.165) is 23.7 Å². The fourth-order valence-electron chi connectivity index (χ4n) is 1.26. The van der Waals surface area contributed by atoms with E-state index in [0.29, 0.717) is 6.54 Å². The van der Waals surface area contributed by atoms with Gasteiger partial charge in [-0.05, 0) is 6.54 Å². The maximum absolute atomic E-state index is 5.45. The molecule has 0 unspecified atom stereocenters. The second kappa shape index (κ2) is 4.34. The molecule has 0 aliphatic heterocycles. The van der Waals surface area contributed by atoms with Crippen molar-refractivity contribution < 1.29 is 0 Å². The van der Waals surface area contributed by atoms with Crippen molar-refractivity contribution in [3.63, 3.8) is 0 Å². The number of aromatic nitrogens is 3. The Hall–Kier alpha value is -1.20. The highest BCUT2D eigenvalue weighted by atomic mass is 32.1. The zero-order valence-corrected chi connectivity index (χ0v) is 8.57. The molecule has 2 aromatic rings. The molecular weight excluding hydrogens is 196 g/mol. The average Bonchev–Trinajstić information content (AvgIpc) is 2.79. The summed E-state index contributed by atoms with van der Waals surface area (Å²) in [7, 11) is 0. The van der Waals surface area contributed by atoms with E-state index >= 15 is 0 Å². The van der Waals surface area contributed by atoms with Gasteiger partial charge in [-0.1, -0.05) is 0 Å². The van der Waals surface area contributed by atoms with Gasteiger partial charge in [0.2, 0.25) is 0 Å². The summed E-state index contributed by atoms with van der Waals surface area (Å²) in [6, 6.07) is 0. The number of hydrogen-bond acceptors (Lipinski definition) is 4. The van der Waals surface area contributed by atoms with Gasteiger partial charge in [0.05, 0.1) is 18.6 Å². The Morgan fingerprint density at radius 1 is 1.43 bits per heavy atom. The standard InChI is InChI=1S/C9H12N4S/c10-2-1-8-5-13(7-12-8)6-9-11-3-4-14-9/h3-5,7H,1-2,6,10H2. The highest BCUT2D eigenvalue weighted by Crippen LogP contribution is 2.07. The summed E-state index contributed by atoms with van der Waals surface area (Å²) in [5.41, 5.74) is 6.49. The summed E-state index contributed by atoms with van der Waals surface area (Å²) in [4.78, 5) is 8.46. The van der Waals surface area contributed by atoms with Crippen LogP contribution in [0.5, 0.6) is 0 Å². The van der Waals surface area contributed by atoms with Crippen LogP contribution in [0.4, 0.5) is 0 Å². The molecule has 0 atom stereocenters. The Morgan fingerprint density at radius 2 is 2.36 bits per heavy atom. The smallest absolute Gasteiger partial charge is 0.112 e. The van der Waals surface area contributed by atoms with Crippen LogP contribution >= 0.6 is 11.3 Å². The van der Waals surface area contributed by atoms with Crippen molar-refractivity contribution >= 4 is 11.3 Å². The van der Waals surface area contributed by atoms with Crippen LogP contribution in [0.3, 0.4) is 0 Å². The van der Waals surface area contributed by atoms with E-state index in [1.807, 2.05) is 28.7 Å². The first-order valence-corrected chi connectivity index (χ1v) is 5.35. The molecule has 5 heteroatoms. The van der Waals surface area contributed by atoms with Gasteiger partial charge in [0.1, 0.15) is 5.01 Å². The summed E-state index contributed by atoms with van der Waals surface area (Å²) in [5.74, 6) is 0. The van der Waals surface area contributed by atoms with Crippen molar-refractivity contribution in [2.75, 3.05) is 6.54 Å². The lowest BCUT2D eigenvalue weighted by atomic mass is 10.3. The van der Waals surface area contributed by atoms with Crippen LogP contribution < -0.4 is 5.73 Å². The summed E-state index contributed by atoms with van der Waals surface area (Å²) in [6.07, 6.45) is 6.50. The summed E-state index contributed by atoms with van der Waals surface area (Å²) < 4.78 is 2.03. The second-order valence-corrected chi connectivity index (χ2v) is 3.98. The lowest BCUT2D eigenvalue weighted by Gasteiger charge is -1.96. The van der Waals surface area contributed by atoms with Crippen LogP contribution in [-0.4, -0.2) is 21.1 Å². The Balaban J connectivity index is 2.03. The molecule has 0 aliphatic rings. The molecule has 0 saturated heterocycles. The van der Waals surface area contributed by atoms with Crippen molar-refractivity contribution in [3.8, 4) is 0 Å². The molecule has 2 aromatic heterocycles. The van der Waals surface area contributed by atoms with E-state index in [4.69, 9.17) is 5.73 Å². The van der Waals surface area contributed by atoms with Crippen LogP contribution in [0.25, 0.3) is 0 Å². The van der Waals surface area contributed by atoms with E-state index < -0.39 is 0 Å². The van der Waals surface area contributed by atoms with Crippen molar-refractivity contribution in [2.24, 2.45) is 5.73 Å². The summed E-state index contributed by atoms with van der Waals surface area (Å²) in [5, 5.41) is 3.08. The minimum Gasteiger partial charge on any atom is -0.330 e. The largest absolute Gasteiger partial charge is 0.330 e. The number of thiazole rings is 1. The molecular formula is C9H12N4S. The minimum atomic E-state index is 0.647. The topological polar surface area (TPSA) is 56.7 Å². The summed E-state index contributed by atoms with van der Waals surface area (Å²) >= 11 is 1.66. The quantitative estimate of drug-likeness (QED) is 0.811. The second-order valence-electron chi connectivity index (χ2n) is 3.00. The molecule has 74 valence electrons. The molecule has 4 nitrogen and oxygen atoms in total. The highest BCUT2D eigenvalue weighted by Gasteiger charge is 2.00. The molecule has 2 rings (SSSR count). The monoisotopic (exact) mass is 208 g/mol. The van der Waals surface area contributed by atoms with Crippen LogP contribution in [0.15, 0.2) is 24.1 Å². The van der Waals surface area contributed by atoms with Gasteiger partial charge in [-0.15, -0.1) is 11.3 Å². The van der Waals surface area contributed by atoms with Gasteiger partial charge in [-0.2, -0.15) is 0 Å². The van der Waals surface area contributed by atoms with Gasteiger partial charge in [-0.3, -0.25) is 0 Å². The molecule has 2 N–H and O–H groups in total. The van der Waals surface area contributed by atoms with Gasteiger partial charge in [0, 0.05) is 24.2 Å². The van der Waals surface area contributed by atoms with Crippen molar-refractivity contribution in [2.45, 2.75) is 13.0 Å². The molecule has 0 amide bonds. The van der Waals surface area contributed by atoms with E-state index in [1.54, 1.807) is 11.3 Å². The van der Waals surface area contributed by atoms with Crippen LogP contribution in [0.2, 0.25) is 0 Å². The first-order valence-electron chi connectivity index (χ1n) is 4.47. The lowest BCUT2D eigenvalue weighted by Crippen LogP contribution is -2.02. The number of nitrogens with two attached hydrogens (primary N) is 1. The molecule has 0 fully saturated rings. The van der Waals surface area contributed by atoms with Gasteiger partial charge in [0.15, 0.2) is 0 Å². The number of imidazole rings is 1. The molecule has 0 spiro atoms. The highest BCUT2D eigenvalue weighted by molar-refractivity contribution is 7.09. The maximum Gasteiger partial charge on any atom is 0.112 e. The third-order valence-electron chi connectivity index (χ3n) is 1.89. The fourth-order valence-corrected chi connectivity index (χ4v) is 1.88. The number of rotatable bonds is 4. The Morgan fingerprint density at radius 3 is 3.07 bits per heavy atom. The van der Waals surface area contributed by atoms with Gasteiger partial charge >= 0.3 is 0 Å². The molecule has 0 radical (unpaired) electrons.